The Morgan fingerprint density at radius 2 is 1.38 bits per heavy atom. The van der Waals surface area contributed by atoms with Crippen molar-refractivity contribution in [3.63, 3.8) is 0 Å². The molecule has 2 heteroatoms. The number of ether oxygens (including phenoxy) is 1. The minimum Gasteiger partial charge on any atom is -0.371 e. The maximum absolute atomic E-state index is 6.43. The third-order valence-electron chi connectivity index (χ3n) is 4.36. The Balaban J connectivity index is 2.63. The highest BCUT2D eigenvalue weighted by molar-refractivity contribution is 4.80. The Morgan fingerprint density at radius 3 is 1.90 bits per heavy atom. The SMILES string of the molecule is CCCNC1CCCCCCCCCCC1OC(C)(C)C. The molecule has 21 heavy (non-hydrogen) atoms. The van der Waals surface area contributed by atoms with Crippen molar-refractivity contribution in [2.75, 3.05) is 6.54 Å². The fourth-order valence-corrected chi connectivity index (χ4v) is 3.32. The lowest BCUT2D eigenvalue weighted by atomic mass is 9.95. The van der Waals surface area contributed by atoms with Crippen LogP contribution in [-0.2, 0) is 4.74 Å². The van der Waals surface area contributed by atoms with Gasteiger partial charge in [-0.2, -0.15) is 0 Å². The Kier molecular flexibility index (Phi) is 9.59. The van der Waals surface area contributed by atoms with E-state index in [1.54, 1.807) is 0 Å². The van der Waals surface area contributed by atoms with Crippen molar-refractivity contribution in [3.05, 3.63) is 0 Å². The van der Waals surface area contributed by atoms with Gasteiger partial charge in [-0.3, -0.25) is 0 Å². The fraction of sp³-hybridized carbons (Fsp3) is 1.00. The number of hydrogen-bond donors (Lipinski definition) is 1. The van der Waals surface area contributed by atoms with Gasteiger partial charge in [-0.1, -0.05) is 58.3 Å². The molecule has 1 N–H and O–H groups in total. The standard InChI is InChI=1S/C19H39NO/c1-5-16-20-17-14-12-10-8-6-7-9-11-13-15-18(17)21-19(2,3)4/h17-18,20H,5-16H2,1-4H3. The number of hydrogen-bond acceptors (Lipinski definition) is 2. The van der Waals surface area contributed by atoms with Crippen molar-refractivity contribution < 1.29 is 4.74 Å². The normalized spacial score (nSPS) is 26.9. The second kappa shape index (κ2) is 10.6. The third kappa shape index (κ3) is 9.52. The number of nitrogens with one attached hydrogen (secondary N) is 1. The van der Waals surface area contributed by atoms with Crippen LogP contribution in [0.2, 0.25) is 0 Å². The lowest BCUT2D eigenvalue weighted by Gasteiger charge is -2.34. The summed E-state index contributed by atoms with van der Waals surface area (Å²) in [6.45, 7) is 9.96. The van der Waals surface area contributed by atoms with Crippen molar-refractivity contribution in [1.29, 1.82) is 0 Å². The van der Waals surface area contributed by atoms with Gasteiger partial charge in [0.15, 0.2) is 0 Å². The first-order valence-corrected chi connectivity index (χ1v) is 9.44. The van der Waals surface area contributed by atoms with Crippen LogP contribution < -0.4 is 5.32 Å². The number of rotatable bonds is 4. The van der Waals surface area contributed by atoms with Crippen molar-refractivity contribution in [3.8, 4) is 0 Å². The molecule has 0 spiro atoms. The van der Waals surface area contributed by atoms with Gasteiger partial charge in [0, 0.05) is 6.04 Å². The van der Waals surface area contributed by atoms with Crippen LogP contribution in [0.25, 0.3) is 0 Å². The summed E-state index contributed by atoms with van der Waals surface area (Å²) in [5.74, 6) is 0. The fourth-order valence-electron chi connectivity index (χ4n) is 3.32. The van der Waals surface area contributed by atoms with Crippen molar-refractivity contribution >= 4 is 0 Å². The second-order valence-corrected chi connectivity index (χ2v) is 7.74. The Labute approximate surface area is 133 Å². The maximum atomic E-state index is 6.43. The van der Waals surface area contributed by atoms with E-state index in [0.29, 0.717) is 12.1 Å². The van der Waals surface area contributed by atoms with Crippen molar-refractivity contribution in [2.45, 2.75) is 116 Å². The van der Waals surface area contributed by atoms with Crippen molar-refractivity contribution in [2.24, 2.45) is 0 Å². The topological polar surface area (TPSA) is 21.3 Å². The van der Waals surface area contributed by atoms with E-state index < -0.39 is 0 Å². The minimum atomic E-state index is -0.0338. The van der Waals surface area contributed by atoms with Gasteiger partial charge in [0.1, 0.15) is 0 Å². The molecule has 1 aliphatic rings. The van der Waals surface area contributed by atoms with E-state index >= 15 is 0 Å². The van der Waals surface area contributed by atoms with Gasteiger partial charge in [0.05, 0.1) is 11.7 Å². The van der Waals surface area contributed by atoms with Gasteiger partial charge in [-0.15, -0.1) is 0 Å². The summed E-state index contributed by atoms with van der Waals surface area (Å²) in [6.07, 6.45) is 15.2. The molecule has 0 bridgehead atoms. The first kappa shape index (κ1) is 19.0. The quantitative estimate of drug-likeness (QED) is 0.744. The van der Waals surface area contributed by atoms with Crippen LogP contribution in [0.5, 0.6) is 0 Å². The van der Waals surface area contributed by atoms with Gasteiger partial charge in [-0.05, 0) is 46.6 Å². The molecule has 2 nitrogen and oxygen atoms in total. The summed E-state index contributed by atoms with van der Waals surface area (Å²) in [5.41, 5.74) is -0.0338. The minimum absolute atomic E-state index is 0.0338. The molecular weight excluding hydrogens is 258 g/mol. The van der Waals surface area contributed by atoms with E-state index in [1.807, 2.05) is 0 Å². The van der Waals surface area contributed by atoms with E-state index in [1.165, 1.54) is 70.6 Å². The van der Waals surface area contributed by atoms with Crippen LogP contribution in [0.15, 0.2) is 0 Å². The molecule has 0 heterocycles. The largest absolute Gasteiger partial charge is 0.371 e. The first-order valence-electron chi connectivity index (χ1n) is 9.44. The summed E-state index contributed by atoms with van der Waals surface area (Å²) >= 11 is 0. The lowest BCUT2D eigenvalue weighted by Crippen LogP contribution is -2.45. The molecule has 1 fully saturated rings. The highest BCUT2D eigenvalue weighted by Crippen LogP contribution is 2.23. The average molecular weight is 298 g/mol. The van der Waals surface area contributed by atoms with Gasteiger partial charge in [-0.25, -0.2) is 0 Å². The van der Waals surface area contributed by atoms with E-state index in [0.717, 1.165) is 6.54 Å². The molecule has 0 aromatic heterocycles. The Hall–Kier alpha value is -0.0800. The van der Waals surface area contributed by atoms with Crippen molar-refractivity contribution in [1.82, 2.24) is 5.32 Å². The zero-order valence-corrected chi connectivity index (χ0v) is 15.0. The smallest absolute Gasteiger partial charge is 0.0735 e. The molecule has 126 valence electrons. The molecule has 0 amide bonds. The van der Waals surface area contributed by atoms with Crippen LogP contribution in [0.1, 0.15) is 98.3 Å². The zero-order chi connectivity index (χ0) is 15.6. The van der Waals surface area contributed by atoms with Crippen LogP contribution in [0.3, 0.4) is 0 Å². The van der Waals surface area contributed by atoms with Gasteiger partial charge in [0.25, 0.3) is 0 Å². The predicted molar refractivity (Wildman–Crippen MR) is 92.9 cm³/mol. The van der Waals surface area contributed by atoms with Crippen LogP contribution >= 0.6 is 0 Å². The van der Waals surface area contributed by atoms with Gasteiger partial charge < -0.3 is 10.1 Å². The summed E-state index contributed by atoms with van der Waals surface area (Å²) < 4.78 is 6.43. The highest BCUT2D eigenvalue weighted by Gasteiger charge is 2.26. The monoisotopic (exact) mass is 297 g/mol. The molecule has 1 rings (SSSR count). The molecule has 0 radical (unpaired) electrons. The van der Waals surface area contributed by atoms with Gasteiger partial charge >= 0.3 is 0 Å². The molecule has 0 saturated heterocycles. The van der Waals surface area contributed by atoms with E-state index in [2.05, 4.69) is 33.0 Å². The lowest BCUT2D eigenvalue weighted by molar-refractivity contribution is -0.0804. The highest BCUT2D eigenvalue weighted by atomic mass is 16.5. The molecule has 2 unspecified atom stereocenters. The molecular formula is C19H39NO. The predicted octanol–water partition coefficient (Wildman–Crippen LogP) is 5.45. The Morgan fingerprint density at radius 1 is 0.857 bits per heavy atom. The molecule has 0 aromatic rings. The molecule has 1 saturated carbocycles. The van der Waals surface area contributed by atoms with Crippen LogP contribution in [-0.4, -0.2) is 24.3 Å². The summed E-state index contributed by atoms with van der Waals surface area (Å²) in [4.78, 5) is 0. The molecule has 2 atom stereocenters. The molecule has 1 aliphatic carbocycles. The van der Waals surface area contributed by atoms with E-state index in [4.69, 9.17) is 4.74 Å². The van der Waals surface area contributed by atoms with E-state index in [9.17, 15) is 0 Å². The first-order chi connectivity index (χ1) is 10.0. The molecule has 0 aliphatic heterocycles. The zero-order valence-electron chi connectivity index (χ0n) is 15.0. The Bertz CT molecular complexity index is 246. The summed E-state index contributed by atoms with van der Waals surface area (Å²) in [7, 11) is 0. The van der Waals surface area contributed by atoms with Gasteiger partial charge in [0.2, 0.25) is 0 Å². The second-order valence-electron chi connectivity index (χ2n) is 7.74. The molecule has 0 aromatic carbocycles. The summed E-state index contributed by atoms with van der Waals surface area (Å²) in [6, 6.07) is 0.545. The van der Waals surface area contributed by atoms with Crippen LogP contribution in [0.4, 0.5) is 0 Å². The third-order valence-corrected chi connectivity index (χ3v) is 4.36. The average Bonchev–Trinajstić information content (AvgIpc) is 2.39. The van der Waals surface area contributed by atoms with E-state index in [-0.39, 0.29) is 5.60 Å². The van der Waals surface area contributed by atoms with Crippen LogP contribution in [0, 0.1) is 0 Å². The maximum Gasteiger partial charge on any atom is 0.0735 e. The summed E-state index contributed by atoms with van der Waals surface area (Å²) in [5, 5.41) is 3.77.